The summed E-state index contributed by atoms with van der Waals surface area (Å²) in [5.41, 5.74) is 4.82. The van der Waals surface area contributed by atoms with Crippen molar-refractivity contribution in [1.82, 2.24) is 14.7 Å². The Hall–Kier alpha value is -2.24. The highest BCUT2D eigenvalue weighted by molar-refractivity contribution is 5.78. The lowest BCUT2D eigenvalue weighted by molar-refractivity contribution is -0.134. The molecule has 3 aliphatic rings. The molecule has 5 rings (SSSR count). The summed E-state index contributed by atoms with van der Waals surface area (Å²) in [5, 5.41) is 0. The maximum absolute atomic E-state index is 13.2. The Morgan fingerprint density at radius 1 is 0.844 bits per heavy atom. The third-order valence-corrected chi connectivity index (χ3v) is 7.59. The van der Waals surface area contributed by atoms with Crippen LogP contribution in [-0.2, 0) is 17.8 Å². The second-order valence-corrected chi connectivity index (χ2v) is 9.66. The quantitative estimate of drug-likeness (QED) is 0.715. The molecule has 0 spiro atoms. The van der Waals surface area contributed by atoms with Crippen LogP contribution in [-0.4, -0.2) is 65.9 Å². The summed E-state index contributed by atoms with van der Waals surface area (Å²) in [7, 11) is 0. The highest BCUT2D eigenvalue weighted by Gasteiger charge is 2.28. The second-order valence-electron chi connectivity index (χ2n) is 9.66. The Morgan fingerprint density at radius 2 is 1.56 bits per heavy atom. The molecule has 0 radical (unpaired) electrons. The van der Waals surface area contributed by atoms with Gasteiger partial charge >= 0.3 is 0 Å². The van der Waals surface area contributed by atoms with Crippen LogP contribution in [0.3, 0.4) is 0 Å². The molecule has 0 unspecified atom stereocenters. The van der Waals surface area contributed by atoms with E-state index in [0.717, 1.165) is 62.9 Å². The molecule has 1 saturated carbocycles. The fraction of sp³-hybridized carbons (Fsp3) is 0.519. The van der Waals surface area contributed by atoms with Crippen molar-refractivity contribution in [3.8, 4) is 11.1 Å². The van der Waals surface area contributed by atoms with Crippen molar-refractivity contribution in [3.63, 3.8) is 0 Å². The average Bonchev–Trinajstić information content (AvgIpc) is 2.85. The minimum absolute atomic E-state index is 0.206. The predicted molar refractivity (Wildman–Crippen MR) is 126 cm³/mol. The van der Waals surface area contributed by atoms with E-state index in [0.29, 0.717) is 6.54 Å². The third kappa shape index (κ3) is 4.89. The molecule has 2 heterocycles. The van der Waals surface area contributed by atoms with Crippen LogP contribution in [0.1, 0.15) is 43.2 Å². The van der Waals surface area contributed by atoms with Crippen molar-refractivity contribution in [2.75, 3.05) is 39.3 Å². The first kappa shape index (κ1) is 21.6. The lowest BCUT2D eigenvalue weighted by atomic mass is 9.94. The van der Waals surface area contributed by atoms with Gasteiger partial charge in [0.15, 0.2) is 0 Å². The Morgan fingerprint density at radius 3 is 2.31 bits per heavy atom. The van der Waals surface area contributed by atoms with Crippen LogP contribution in [0.4, 0.5) is 4.39 Å². The number of hydrogen-bond acceptors (Lipinski definition) is 3. The van der Waals surface area contributed by atoms with Crippen LogP contribution in [0, 0.1) is 5.82 Å². The lowest BCUT2D eigenvalue weighted by Gasteiger charge is -2.41. The molecule has 1 aliphatic carbocycles. The number of halogens is 1. The van der Waals surface area contributed by atoms with E-state index in [1.165, 1.54) is 55.4 Å². The molecular weight excluding hydrogens is 401 g/mol. The number of fused-ring (bicyclic) bond motifs is 1. The fourth-order valence-corrected chi connectivity index (χ4v) is 5.64. The largest absolute Gasteiger partial charge is 0.339 e. The smallest absolute Gasteiger partial charge is 0.236 e. The van der Waals surface area contributed by atoms with Gasteiger partial charge in [0, 0.05) is 45.3 Å². The molecule has 0 atom stereocenters. The van der Waals surface area contributed by atoms with Crippen molar-refractivity contribution in [2.24, 2.45) is 0 Å². The number of piperazine rings is 1. The van der Waals surface area contributed by atoms with Gasteiger partial charge in [-0.25, -0.2) is 4.39 Å². The average molecular weight is 436 g/mol. The summed E-state index contributed by atoms with van der Waals surface area (Å²) in [6.07, 6.45) is 7.75. The van der Waals surface area contributed by atoms with Crippen LogP contribution in [0.2, 0.25) is 0 Å². The van der Waals surface area contributed by atoms with E-state index in [-0.39, 0.29) is 11.7 Å². The van der Waals surface area contributed by atoms with E-state index in [4.69, 9.17) is 0 Å². The van der Waals surface area contributed by atoms with Gasteiger partial charge in [-0.05, 0) is 53.6 Å². The molecule has 2 aromatic rings. The van der Waals surface area contributed by atoms with Crippen LogP contribution >= 0.6 is 0 Å². The highest BCUT2D eigenvalue weighted by atomic mass is 19.1. The zero-order chi connectivity index (χ0) is 21.9. The van der Waals surface area contributed by atoms with E-state index in [1.54, 1.807) is 0 Å². The van der Waals surface area contributed by atoms with E-state index < -0.39 is 0 Å². The molecule has 0 aromatic heterocycles. The fourth-order valence-electron chi connectivity index (χ4n) is 5.64. The normalized spacial score (nSPS) is 20.8. The molecule has 0 N–H and O–H groups in total. The SMILES string of the molecule is O=C(CN1CCc2cc(-c3ccc(F)cc3)ccc2C1)N1CCN(C2CCCCC2)CC1. The summed E-state index contributed by atoms with van der Waals surface area (Å²) in [5.74, 6) is 0.0714. The monoisotopic (exact) mass is 435 g/mol. The van der Waals surface area contributed by atoms with Gasteiger partial charge in [0.05, 0.1) is 6.54 Å². The van der Waals surface area contributed by atoms with Gasteiger partial charge in [0.25, 0.3) is 0 Å². The van der Waals surface area contributed by atoms with Crippen LogP contribution in [0.25, 0.3) is 11.1 Å². The Labute approximate surface area is 191 Å². The lowest BCUT2D eigenvalue weighted by Crippen LogP contribution is -2.54. The molecule has 2 fully saturated rings. The molecule has 2 aromatic carbocycles. The zero-order valence-corrected chi connectivity index (χ0v) is 18.9. The van der Waals surface area contributed by atoms with Crippen LogP contribution in [0.15, 0.2) is 42.5 Å². The summed E-state index contributed by atoms with van der Waals surface area (Å²) in [4.78, 5) is 20.0. The summed E-state index contributed by atoms with van der Waals surface area (Å²) in [6.45, 7) is 6.07. The Balaban J connectivity index is 1.14. The first-order valence-corrected chi connectivity index (χ1v) is 12.3. The van der Waals surface area contributed by atoms with Crippen molar-refractivity contribution < 1.29 is 9.18 Å². The number of rotatable bonds is 4. The third-order valence-electron chi connectivity index (χ3n) is 7.59. The van der Waals surface area contributed by atoms with Crippen molar-refractivity contribution in [1.29, 1.82) is 0 Å². The first-order valence-electron chi connectivity index (χ1n) is 12.3. The number of benzene rings is 2. The predicted octanol–water partition coefficient (Wildman–Crippen LogP) is 4.33. The van der Waals surface area contributed by atoms with Crippen molar-refractivity contribution in [3.05, 3.63) is 59.4 Å². The van der Waals surface area contributed by atoms with Crippen molar-refractivity contribution >= 4 is 5.91 Å². The van der Waals surface area contributed by atoms with Gasteiger partial charge in [0.2, 0.25) is 5.91 Å². The number of carbonyl (C=O) groups excluding carboxylic acids is 1. The standard InChI is InChI=1S/C27H34FN3O/c28-25-10-8-21(9-11-25)22-6-7-24-19-29(13-12-23(24)18-22)20-27(32)31-16-14-30(15-17-31)26-4-2-1-3-5-26/h6-11,18,26H,1-5,12-17,19-20H2. The minimum Gasteiger partial charge on any atom is -0.339 e. The Kier molecular flexibility index (Phi) is 6.56. The summed E-state index contributed by atoms with van der Waals surface area (Å²) < 4.78 is 13.2. The van der Waals surface area contributed by atoms with E-state index in [9.17, 15) is 9.18 Å². The van der Waals surface area contributed by atoms with Crippen LogP contribution < -0.4 is 0 Å². The number of hydrogen-bond donors (Lipinski definition) is 0. The summed E-state index contributed by atoms with van der Waals surface area (Å²) in [6, 6.07) is 14.0. The van der Waals surface area contributed by atoms with Gasteiger partial charge in [0.1, 0.15) is 5.82 Å². The van der Waals surface area contributed by atoms with Gasteiger partial charge in [-0.2, -0.15) is 0 Å². The maximum Gasteiger partial charge on any atom is 0.236 e. The second kappa shape index (κ2) is 9.72. The van der Waals surface area contributed by atoms with Crippen molar-refractivity contribution in [2.45, 2.75) is 51.1 Å². The zero-order valence-electron chi connectivity index (χ0n) is 18.9. The van der Waals surface area contributed by atoms with E-state index >= 15 is 0 Å². The summed E-state index contributed by atoms with van der Waals surface area (Å²) >= 11 is 0. The molecule has 2 aliphatic heterocycles. The molecule has 1 amide bonds. The van der Waals surface area contributed by atoms with Gasteiger partial charge in [-0.1, -0.05) is 49.6 Å². The Bertz CT molecular complexity index is 930. The van der Waals surface area contributed by atoms with E-state index in [2.05, 4.69) is 32.9 Å². The molecule has 4 nitrogen and oxygen atoms in total. The highest BCUT2D eigenvalue weighted by Crippen LogP contribution is 2.27. The number of carbonyl (C=O) groups is 1. The van der Waals surface area contributed by atoms with Crippen LogP contribution in [0.5, 0.6) is 0 Å². The van der Waals surface area contributed by atoms with Gasteiger partial charge < -0.3 is 4.90 Å². The molecule has 0 bridgehead atoms. The minimum atomic E-state index is -0.206. The van der Waals surface area contributed by atoms with Gasteiger partial charge in [-0.3, -0.25) is 14.6 Å². The molecular formula is C27H34FN3O. The topological polar surface area (TPSA) is 26.8 Å². The number of nitrogens with zero attached hydrogens (tertiary/aromatic N) is 3. The molecule has 5 heteroatoms. The maximum atomic E-state index is 13.2. The molecule has 170 valence electrons. The number of amides is 1. The van der Waals surface area contributed by atoms with E-state index in [1.807, 2.05) is 12.1 Å². The molecule has 32 heavy (non-hydrogen) atoms. The van der Waals surface area contributed by atoms with Gasteiger partial charge in [-0.15, -0.1) is 0 Å². The first-order chi connectivity index (χ1) is 15.7. The molecule has 1 saturated heterocycles.